The lowest BCUT2D eigenvalue weighted by Gasteiger charge is -2.12. The van der Waals surface area contributed by atoms with Gasteiger partial charge >= 0.3 is 11.9 Å². The van der Waals surface area contributed by atoms with Crippen LogP contribution >= 0.6 is 23.2 Å². The fourth-order valence-corrected chi connectivity index (χ4v) is 4.37. The maximum absolute atomic E-state index is 12.7. The third kappa shape index (κ3) is 6.98. The van der Waals surface area contributed by atoms with Gasteiger partial charge in [-0.25, -0.2) is 14.5 Å². The molecule has 0 unspecified atom stereocenters. The first-order valence-electron chi connectivity index (χ1n) is 12.0. The second-order valence-corrected chi connectivity index (χ2v) is 9.74. The normalized spacial score (nSPS) is 10.8. The topological polar surface area (TPSA) is 112 Å². The van der Waals surface area contributed by atoms with Crippen molar-refractivity contribution in [2.45, 2.75) is 27.1 Å². The van der Waals surface area contributed by atoms with Crippen LogP contribution in [0.2, 0.25) is 10.0 Å². The van der Waals surface area contributed by atoms with Gasteiger partial charge in [-0.2, -0.15) is 4.89 Å². The molecule has 0 heterocycles. The maximum atomic E-state index is 12.7. The van der Waals surface area contributed by atoms with Gasteiger partial charge in [0.15, 0.2) is 5.75 Å². The molecule has 0 saturated carbocycles. The highest BCUT2D eigenvalue weighted by molar-refractivity contribution is 6.33. The maximum Gasteiger partial charge on any atom is 0.344 e. The lowest BCUT2D eigenvalue weighted by molar-refractivity contribution is -0.253. The molecule has 0 atom stereocenters. The van der Waals surface area contributed by atoms with E-state index < -0.39 is 11.9 Å². The average Bonchev–Trinajstić information content (AvgIpc) is 2.91. The first-order valence-corrected chi connectivity index (χ1v) is 12.7. The van der Waals surface area contributed by atoms with Crippen LogP contribution in [0.4, 0.5) is 0 Å². The molecule has 40 heavy (non-hydrogen) atoms. The lowest BCUT2D eigenvalue weighted by Crippen LogP contribution is -2.14. The van der Waals surface area contributed by atoms with E-state index in [0.717, 1.165) is 16.7 Å². The monoisotopic (exact) mass is 582 g/mol. The van der Waals surface area contributed by atoms with Crippen LogP contribution in [0, 0.1) is 13.8 Å². The van der Waals surface area contributed by atoms with Crippen molar-refractivity contribution in [1.82, 2.24) is 0 Å². The van der Waals surface area contributed by atoms with Gasteiger partial charge in [0.05, 0.1) is 21.2 Å². The Kier molecular flexibility index (Phi) is 9.42. The Hall–Kier alpha value is -3.92. The van der Waals surface area contributed by atoms with Crippen LogP contribution in [-0.2, 0) is 23.0 Å². The number of ether oxygens (including phenoxy) is 1. The number of carboxylic acid groups (broad SMARTS) is 1. The van der Waals surface area contributed by atoms with Crippen LogP contribution in [0.5, 0.6) is 11.5 Å². The number of hydrogen-bond donors (Lipinski definition) is 2. The predicted molar refractivity (Wildman–Crippen MR) is 149 cm³/mol. The molecule has 2 N–H and O–H groups in total. The van der Waals surface area contributed by atoms with Gasteiger partial charge in [-0.1, -0.05) is 70.7 Å². The number of carbonyl (C=O) groups is 2. The van der Waals surface area contributed by atoms with Crippen LogP contribution in [0.3, 0.4) is 0 Å². The fraction of sp³-hybridized carbons (Fsp3) is 0.133. The zero-order chi connectivity index (χ0) is 28.8. The molecular weight excluding hydrogens is 559 g/mol. The molecule has 4 rings (SSSR count). The molecule has 0 aliphatic carbocycles. The van der Waals surface area contributed by atoms with Crippen molar-refractivity contribution < 1.29 is 39.4 Å². The van der Waals surface area contributed by atoms with Crippen LogP contribution < -0.4 is 9.62 Å². The molecular formula is C30H24Cl2O8. The number of rotatable bonds is 10. The van der Waals surface area contributed by atoms with E-state index in [0.29, 0.717) is 22.4 Å². The first kappa shape index (κ1) is 29.1. The van der Waals surface area contributed by atoms with Gasteiger partial charge in [0.2, 0.25) is 0 Å². The van der Waals surface area contributed by atoms with E-state index in [2.05, 4.69) is 4.89 Å². The summed E-state index contributed by atoms with van der Waals surface area (Å²) in [5, 5.41) is 18.7. The third-order valence-corrected chi connectivity index (χ3v) is 6.56. The Morgan fingerprint density at radius 2 is 1.35 bits per heavy atom. The molecule has 0 saturated heterocycles. The zero-order valence-corrected chi connectivity index (χ0v) is 23.0. The van der Waals surface area contributed by atoms with Crippen molar-refractivity contribution in [2.75, 3.05) is 0 Å². The van der Waals surface area contributed by atoms with Crippen molar-refractivity contribution in [2.24, 2.45) is 0 Å². The van der Waals surface area contributed by atoms with Crippen molar-refractivity contribution >= 4 is 35.1 Å². The van der Waals surface area contributed by atoms with E-state index in [1.807, 2.05) is 25.1 Å². The quantitative estimate of drug-likeness (QED) is 0.0846. The fourth-order valence-electron chi connectivity index (χ4n) is 3.93. The summed E-state index contributed by atoms with van der Waals surface area (Å²) in [6.45, 7) is 3.78. The molecule has 4 aromatic carbocycles. The lowest BCUT2D eigenvalue weighted by atomic mass is 10.0. The third-order valence-electron chi connectivity index (χ3n) is 5.97. The summed E-state index contributed by atoms with van der Waals surface area (Å²) in [4.78, 5) is 39.3. The summed E-state index contributed by atoms with van der Waals surface area (Å²) >= 11 is 12.8. The minimum Gasteiger partial charge on any atom is -0.478 e. The Morgan fingerprint density at radius 3 is 1.98 bits per heavy atom. The summed E-state index contributed by atoms with van der Waals surface area (Å²) in [5.74, 6) is -1.70. The number of carbonyl (C=O) groups excluding carboxylic acids is 1. The number of aromatic carboxylic acids is 1. The van der Waals surface area contributed by atoms with Crippen LogP contribution in [0.25, 0.3) is 11.1 Å². The molecule has 0 aromatic heterocycles. The number of carboxylic acids is 1. The van der Waals surface area contributed by atoms with Gasteiger partial charge in [0.1, 0.15) is 19.0 Å². The standard InChI is InChI=1S/C30H24Cl2O8/c1-17-3-5-21(22(11-17)15-37-36)16-38-40-28-10-7-20(14-26(28)32)19-6-9-27(25(31)13-19)39-30(35)23-8-4-18(2)12-24(23)29(33)34/h3-14,36H,15-16H2,1-2H3,(H,33,34). The van der Waals surface area contributed by atoms with Gasteiger partial charge in [-0.15, -0.1) is 0 Å². The SMILES string of the molecule is Cc1ccc(COOc2ccc(-c3ccc(OC(=O)c4ccc(C)cc4C(=O)O)c(Cl)c3)cc2Cl)c(COO)c1. The first-order chi connectivity index (χ1) is 19.2. The highest BCUT2D eigenvalue weighted by Gasteiger charge is 2.20. The van der Waals surface area contributed by atoms with Gasteiger partial charge in [0, 0.05) is 0 Å². The van der Waals surface area contributed by atoms with Gasteiger partial charge in [0.25, 0.3) is 0 Å². The summed E-state index contributed by atoms with van der Waals surface area (Å²) in [6, 6.07) is 19.9. The minimum atomic E-state index is -1.23. The summed E-state index contributed by atoms with van der Waals surface area (Å²) in [6.07, 6.45) is 0. The van der Waals surface area contributed by atoms with Gasteiger partial charge in [-0.05, 0) is 72.5 Å². The largest absolute Gasteiger partial charge is 0.478 e. The summed E-state index contributed by atoms with van der Waals surface area (Å²) in [5.41, 5.74) is 4.43. The van der Waals surface area contributed by atoms with Gasteiger partial charge < -0.3 is 14.7 Å². The van der Waals surface area contributed by atoms with Crippen molar-refractivity contribution in [3.8, 4) is 22.6 Å². The van der Waals surface area contributed by atoms with E-state index in [9.17, 15) is 14.7 Å². The summed E-state index contributed by atoms with van der Waals surface area (Å²) in [7, 11) is 0. The van der Waals surface area contributed by atoms with Crippen molar-refractivity contribution in [3.63, 3.8) is 0 Å². The molecule has 0 bridgehead atoms. The van der Waals surface area contributed by atoms with Crippen molar-refractivity contribution in [3.05, 3.63) is 116 Å². The zero-order valence-electron chi connectivity index (χ0n) is 21.4. The van der Waals surface area contributed by atoms with Crippen LogP contribution in [-0.4, -0.2) is 22.3 Å². The smallest absolute Gasteiger partial charge is 0.344 e. The Balaban J connectivity index is 1.44. The Bertz CT molecular complexity index is 1570. The molecule has 4 aromatic rings. The molecule has 8 nitrogen and oxygen atoms in total. The molecule has 0 amide bonds. The molecule has 10 heteroatoms. The molecule has 0 radical (unpaired) electrons. The minimum absolute atomic E-state index is 0.0195. The number of benzene rings is 4. The highest BCUT2D eigenvalue weighted by Crippen LogP contribution is 2.35. The Morgan fingerprint density at radius 1 is 0.725 bits per heavy atom. The number of hydrogen-bond acceptors (Lipinski definition) is 7. The second-order valence-electron chi connectivity index (χ2n) is 8.93. The van der Waals surface area contributed by atoms with E-state index >= 15 is 0 Å². The number of halogens is 2. The van der Waals surface area contributed by atoms with E-state index in [-0.39, 0.29) is 40.1 Å². The Labute approximate surface area is 240 Å². The van der Waals surface area contributed by atoms with E-state index in [1.165, 1.54) is 18.2 Å². The van der Waals surface area contributed by atoms with Crippen molar-refractivity contribution in [1.29, 1.82) is 0 Å². The molecule has 0 aliphatic heterocycles. The average molecular weight is 583 g/mol. The molecule has 0 aliphatic rings. The van der Waals surface area contributed by atoms with Crippen LogP contribution in [0.15, 0.2) is 72.8 Å². The van der Waals surface area contributed by atoms with E-state index in [4.69, 9.17) is 43.0 Å². The number of esters is 1. The predicted octanol–water partition coefficient (Wildman–Crippen LogP) is 7.69. The van der Waals surface area contributed by atoms with Crippen LogP contribution in [0.1, 0.15) is 43.0 Å². The second kappa shape index (κ2) is 13.0. The van der Waals surface area contributed by atoms with Gasteiger partial charge in [-0.3, -0.25) is 5.26 Å². The number of aryl methyl sites for hydroxylation is 2. The van der Waals surface area contributed by atoms with E-state index in [1.54, 1.807) is 43.3 Å². The summed E-state index contributed by atoms with van der Waals surface area (Å²) < 4.78 is 5.39. The molecule has 0 fully saturated rings. The molecule has 0 spiro atoms. The molecule has 206 valence electrons. The highest BCUT2D eigenvalue weighted by atomic mass is 35.5.